The Bertz CT molecular complexity index is 143. The molecule has 1 atom stereocenters. The molecule has 64 valence electrons. The number of amides is 1. The summed E-state index contributed by atoms with van der Waals surface area (Å²) in [6.07, 6.45) is 0. The van der Waals surface area contributed by atoms with Crippen molar-refractivity contribution in [2.24, 2.45) is 0 Å². The van der Waals surface area contributed by atoms with Crippen molar-refractivity contribution in [2.45, 2.75) is 12.3 Å². The van der Waals surface area contributed by atoms with Crippen LogP contribution in [-0.2, 0) is 9.53 Å². The zero-order valence-corrected chi connectivity index (χ0v) is 7.30. The van der Waals surface area contributed by atoms with E-state index in [-0.39, 0.29) is 5.91 Å². The summed E-state index contributed by atoms with van der Waals surface area (Å²) >= 11 is 5.63. The maximum Gasteiger partial charge on any atom is 0.240 e. The van der Waals surface area contributed by atoms with Crippen LogP contribution in [0, 0.1) is 0 Å². The lowest BCUT2D eigenvalue weighted by molar-refractivity contribution is -0.134. The Morgan fingerprint density at radius 3 is 2.55 bits per heavy atom. The van der Waals surface area contributed by atoms with Crippen molar-refractivity contribution in [3.05, 3.63) is 0 Å². The zero-order chi connectivity index (χ0) is 8.27. The SMILES string of the molecule is CC(Cl)C(=O)N1CCOCC1. The van der Waals surface area contributed by atoms with Gasteiger partial charge in [0.2, 0.25) is 5.91 Å². The number of hydrogen-bond donors (Lipinski definition) is 0. The molecule has 1 heterocycles. The number of morpholine rings is 1. The predicted octanol–water partition coefficient (Wildman–Crippen LogP) is 0.473. The van der Waals surface area contributed by atoms with Gasteiger partial charge >= 0.3 is 0 Å². The van der Waals surface area contributed by atoms with E-state index in [1.807, 2.05) is 0 Å². The molecule has 0 N–H and O–H groups in total. The summed E-state index contributed by atoms with van der Waals surface area (Å²) in [6.45, 7) is 4.32. The van der Waals surface area contributed by atoms with Gasteiger partial charge in [-0.1, -0.05) is 0 Å². The number of carbonyl (C=O) groups is 1. The third kappa shape index (κ3) is 2.34. The molecule has 0 bridgehead atoms. The molecule has 0 saturated carbocycles. The van der Waals surface area contributed by atoms with Gasteiger partial charge in [-0.15, -0.1) is 11.6 Å². The van der Waals surface area contributed by atoms with E-state index in [0.717, 1.165) is 0 Å². The average Bonchev–Trinajstić information content (AvgIpc) is 2.05. The third-order valence-electron chi connectivity index (χ3n) is 1.66. The minimum Gasteiger partial charge on any atom is -0.378 e. The lowest BCUT2D eigenvalue weighted by atomic mass is 10.3. The van der Waals surface area contributed by atoms with Crippen molar-refractivity contribution < 1.29 is 9.53 Å². The quantitative estimate of drug-likeness (QED) is 0.545. The molecule has 1 saturated heterocycles. The molecule has 1 amide bonds. The second-order valence-corrected chi connectivity index (χ2v) is 3.21. The fourth-order valence-electron chi connectivity index (χ4n) is 1.04. The predicted molar refractivity (Wildman–Crippen MR) is 42.7 cm³/mol. The fraction of sp³-hybridized carbons (Fsp3) is 0.857. The lowest BCUT2D eigenvalue weighted by Crippen LogP contribution is -2.43. The van der Waals surface area contributed by atoms with Gasteiger partial charge < -0.3 is 9.64 Å². The van der Waals surface area contributed by atoms with Crippen molar-refractivity contribution in [3.63, 3.8) is 0 Å². The molecule has 1 rings (SSSR count). The van der Waals surface area contributed by atoms with Crippen LogP contribution < -0.4 is 0 Å². The second kappa shape index (κ2) is 3.93. The summed E-state index contributed by atoms with van der Waals surface area (Å²) < 4.78 is 5.09. The number of halogens is 1. The van der Waals surface area contributed by atoms with Crippen molar-refractivity contribution in [2.75, 3.05) is 26.3 Å². The standard InChI is InChI=1S/C7H12ClNO2/c1-6(8)7(10)9-2-4-11-5-3-9/h6H,2-5H2,1H3. The van der Waals surface area contributed by atoms with Crippen LogP contribution in [0.15, 0.2) is 0 Å². The Morgan fingerprint density at radius 1 is 1.55 bits per heavy atom. The Labute approximate surface area is 71.3 Å². The van der Waals surface area contributed by atoms with Gasteiger partial charge in [-0.25, -0.2) is 0 Å². The highest BCUT2D eigenvalue weighted by Crippen LogP contribution is 2.04. The molecule has 0 spiro atoms. The van der Waals surface area contributed by atoms with Crippen LogP contribution in [0.1, 0.15) is 6.92 Å². The van der Waals surface area contributed by atoms with Gasteiger partial charge in [0.1, 0.15) is 5.38 Å². The molecule has 0 aliphatic carbocycles. The van der Waals surface area contributed by atoms with E-state index in [1.165, 1.54) is 0 Å². The van der Waals surface area contributed by atoms with Crippen molar-refractivity contribution >= 4 is 17.5 Å². The van der Waals surface area contributed by atoms with Crippen LogP contribution in [0.3, 0.4) is 0 Å². The molecule has 1 aliphatic heterocycles. The van der Waals surface area contributed by atoms with Crippen LogP contribution in [0.5, 0.6) is 0 Å². The Morgan fingerprint density at radius 2 is 2.09 bits per heavy atom. The van der Waals surface area contributed by atoms with Gasteiger partial charge in [0, 0.05) is 13.1 Å². The second-order valence-electron chi connectivity index (χ2n) is 2.55. The zero-order valence-electron chi connectivity index (χ0n) is 6.55. The molecule has 0 radical (unpaired) electrons. The van der Waals surface area contributed by atoms with Crippen molar-refractivity contribution in [3.8, 4) is 0 Å². The number of alkyl halides is 1. The van der Waals surface area contributed by atoms with E-state index >= 15 is 0 Å². The van der Waals surface area contributed by atoms with E-state index in [9.17, 15) is 4.79 Å². The molecule has 1 unspecified atom stereocenters. The first-order chi connectivity index (χ1) is 5.22. The molecule has 1 aliphatic rings. The highest BCUT2D eigenvalue weighted by Gasteiger charge is 2.20. The van der Waals surface area contributed by atoms with E-state index in [1.54, 1.807) is 11.8 Å². The highest BCUT2D eigenvalue weighted by molar-refractivity contribution is 6.30. The van der Waals surface area contributed by atoms with E-state index < -0.39 is 5.38 Å². The number of carbonyl (C=O) groups excluding carboxylic acids is 1. The largest absolute Gasteiger partial charge is 0.378 e. The topological polar surface area (TPSA) is 29.5 Å². The lowest BCUT2D eigenvalue weighted by Gasteiger charge is -2.27. The molecular weight excluding hydrogens is 166 g/mol. The minimum absolute atomic E-state index is 0.00923. The van der Waals surface area contributed by atoms with E-state index in [2.05, 4.69) is 0 Å². The number of hydrogen-bond acceptors (Lipinski definition) is 2. The fourth-order valence-corrected chi connectivity index (χ4v) is 1.17. The summed E-state index contributed by atoms with van der Waals surface area (Å²) in [4.78, 5) is 13.0. The smallest absolute Gasteiger partial charge is 0.240 e. The van der Waals surface area contributed by atoms with Crippen LogP contribution in [0.2, 0.25) is 0 Å². The van der Waals surface area contributed by atoms with E-state index in [4.69, 9.17) is 16.3 Å². The summed E-state index contributed by atoms with van der Waals surface area (Å²) in [5.74, 6) is 0.00923. The van der Waals surface area contributed by atoms with Crippen molar-refractivity contribution in [1.29, 1.82) is 0 Å². The third-order valence-corrected chi connectivity index (χ3v) is 1.85. The molecule has 4 heteroatoms. The highest BCUT2D eigenvalue weighted by atomic mass is 35.5. The molecular formula is C7H12ClNO2. The van der Waals surface area contributed by atoms with Crippen molar-refractivity contribution in [1.82, 2.24) is 4.90 Å². The summed E-state index contributed by atoms with van der Waals surface area (Å²) in [7, 11) is 0. The van der Waals surface area contributed by atoms with Gasteiger partial charge in [-0.05, 0) is 6.92 Å². The molecule has 0 aromatic carbocycles. The molecule has 11 heavy (non-hydrogen) atoms. The molecule has 1 fully saturated rings. The maximum absolute atomic E-state index is 11.2. The molecule has 0 aromatic rings. The molecule has 0 aromatic heterocycles. The number of rotatable bonds is 1. The summed E-state index contributed by atoms with van der Waals surface area (Å²) in [5.41, 5.74) is 0. The first-order valence-corrected chi connectivity index (χ1v) is 4.16. The van der Waals surface area contributed by atoms with Crippen LogP contribution in [0.4, 0.5) is 0 Å². The van der Waals surface area contributed by atoms with E-state index in [0.29, 0.717) is 26.3 Å². The first kappa shape index (κ1) is 8.81. The maximum atomic E-state index is 11.2. The van der Waals surface area contributed by atoms with Gasteiger partial charge in [-0.3, -0.25) is 4.79 Å². The molecule has 3 nitrogen and oxygen atoms in total. The van der Waals surface area contributed by atoms with Gasteiger partial charge in [0.15, 0.2) is 0 Å². The first-order valence-electron chi connectivity index (χ1n) is 3.72. The summed E-state index contributed by atoms with van der Waals surface area (Å²) in [6, 6.07) is 0. The Kier molecular flexibility index (Phi) is 3.15. The Balaban J connectivity index is 2.39. The van der Waals surface area contributed by atoms with Gasteiger partial charge in [0.25, 0.3) is 0 Å². The van der Waals surface area contributed by atoms with Crippen LogP contribution in [0.25, 0.3) is 0 Å². The normalized spacial score (nSPS) is 21.5. The van der Waals surface area contributed by atoms with Crippen LogP contribution >= 0.6 is 11.6 Å². The minimum atomic E-state index is -0.409. The summed E-state index contributed by atoms with van der Waals surface area (Å²) in [5, 5.41) is -0.409. The average molecular weight is 178 g/mol. The number of ether oxygens (including phenoxy) is 1. The Hall–Kier alpha value is -0.280. The van der Waals surface area contributed by atoms with Gasteiger partial charge in [-0.2, -0.15) is 0 Å². The van der Waals surface area contributed by atoms with Gasteiger partial charge in [0.05, 0.1) is 13.2 Å². The monoisotopic (exact) mass is 177 g/mol. The number of nitrogens with zero attached hydrogens (tertiary/aromatic N) is 1. The van der Waals surface area contributed by atoms with Crippen LogP contribution in [-0.4, -0.2) is 42.5 Å².